The minimum atomic E-state index is 0.720. The molecule has 0 bridgehead atoms. The van der Waals surface area contributed by atoms with Gasteiger partial charge in [-0.1, -0.05) is 25.1 Å². The molecule has 116 valence electrons. The molecule has 1 heterocycles. The Morgan fingerprint density at radius 3 is 2.81 bits per heavy atom. The van der Waals surface area contributed by atoms with Crippen molar-refractivity contribution in [3.63, 3.8) is 0 Å². The minimum absolute atomic E-state index is 0.720. The summed E-state index contributed by atoms with van der Waals surface area (Å²) in [4.78, 5) is 3.60. The Labute approximate surface area is 131 Å². The first-order valence-electron chi connectivity index (χ1n) is 7.64. The smallest absolute Gasteiger partial charge is 0.0734 e. The number of hydrogen-bond acceptors (Lipinski definition) is 4. The van der Waals surface area contributed by atoms with Gasteiger partial charge < -0.3 is 15.0 Å². The number of benzene rings is 1. The van der Waals surface area contributed by atoms with E-state index in [4.69, 9.17) is 4.74 Å². The Bertz CT molecular complexity index is 551. The zero-order chi connectivity index (χ0) is 15.1. The van der Waals surface area contributed by atoms with Crippen molar-refractivity contribution in [3.05, 3.63) is 34.7 Å². The molecule has 0 fully saturated rings. The first-order valence-corrected chi connectivity index (χ1v) is 8.46. The molecule has 0 unspecified atom stereocenters. The zero-order valence-electron chi connectivity index (χ0n) is 13.3. The van der Waals surface area contributed by atoms with Gasteiger partial charge in [0.1, 0.15) is 0 Å². The molecule has 0 aliphatic heterocycles. The van der Waals surface area contributed by atoms with E-state index < -0.39 is 0 Å². The molecular weight excluding hydrogens is 280 g/mol. The van der Waals surface area contributed by atoms with Crippen molar-refractivity contribution in [1.29, 1.82) is 0 Å². The summed E-state index contributed by atoms with van der Waals surface area (Å²) < 4.78 is 7.27. The topological polar surface area (TPSA) is 24.5 Å². The third-order valence-corrected chi connectivity index (χ3v) is 4.67. The number of ether oxygens (including phenoxy) is 1. The van der Waals surface area contributed by atoms with Gasteiger partial charge in [-0.2, -0.15) is 0 Å². The molecule has 0 atom stereocenters. The van der Waals surface area contributed by atoms with Crippen molar-refractivity contribution in [2.75, 3.05) is 33.8 Å². The maximum absolute atomic E-state index is 5.91. The number of fused-ring (bicyclic) bond motifs is 1. The predicted molar refractivity (Wildman–Crippen MR) is 92.0 cm³/mol. The SMILES string of the molecule is CCNCc1sc2ccccc2c1COCCCN(C)C. The highest BCUT2D eigenvalue weighted by atomic mass is 32.1. The summed E-state index contributed by atoms with van der Waals surface area (Å²) in [7, 11) is 4.20. The van der Waals surface area contributed by atoms with Crippen molar-refractivity contribution >= 4 is 21.4 Å². The number of nitrogens with one attached hydrogen (secondary N) is 1. The molecule has 0 aliphatic rings. The van der Waals surface area contributed by atoms with E-state index in [1.54, 1.807) is 0 Å². The summed E-state index contributed by atoms with van der Waals surface area (Å²) in [6.07, 6.45) is 1.08. The Hall–Kier alpha value is -0.940. The van der Waals surface area contributed by atoms with Gasteiger partial charge in [0, 0.05) is 28.3 Å². The second-order valence-corrected chi connectivity index (χ2v) is 6.63. The lowest BCUT2D eigenvalue weighted by Crippen LogP contribution is -2.15. The first-order chi connectivity index (χ1) is 10.2. The fraction of sp³-hybridized carbons (Fsp3) is 0.529. The first kappa shape index (κ1) is 16.4. The van der Waals surface area contributed by atoms with Crippen molar-refractivity contribution < 1.29 is 4.74 Å². The van der Waals surface area contributed by atoms with Gasteiger partial charge in [-0.25, -0.2) is 0 Å². The second-order valence-electron chi connectivity index (χ2n) is 5.49. The van der Waals surface area contributed by atoms with E-state index in [1.807, 2.05) is 11.3 Å². The highest BCUT2D eigenvalue weighted by Crippen LogP contribution is 2.31. The highest BCUT2D eigenvalue weighted by Gasteiger charge is 2.11. The van der Waals surface area contributed by atoms with E-state index in [0.717, 1.165) is 39.3 Å². The largest absolute Gasteiger partial charge is 0.377 e. The Kier molecular flexibility index (Phi) is 6.64. The van der Waals surface area contributed by atoms with Gasteiger partial charge in [-0.3, -0.25) is 0 Å². The van der Waals surface area contributed by atoms with Crippen LogP contribution in [0.1, 0.15) is 23.8 Å². The van der Waals surface area contributed by atoms with E-state index in [2.05, 4.69) is 55.5 Å². The molecule has 1 aromatic heterocycles. The van der Waals surface area contributed by atoms with Crippen LogP contribution in [0.3, 0.4) is 0 Å². The van der Waals surface area contributed by atoms with Gasteiger partial charge in [-0.05, 0) is 45.1 Å². The quantitative estimate of drug-likeness (QED) is 0.718. The number of rotatable bonds is 9. The fourth-order valence-electron chi connectivity index (χ4n) is 2.35. The number of thiophene rings is 1. The molecule has 0 aliphatic carbocycles. The second kappa shape index (κ2) is 8.49. The van der Waals surface area contributed by atoms with Gasteiger partial charge in [-0.15, -0.1) is 11.3 Å². The molecule has 2 rings (SSSR count). The van der Waals surface area contributed by atoms with Crippen LogP contribution in [0.4, 0.5) is 0 Å². The summed E-state index contributed by atoms with van der Waals surface area (Å²) in [6.45, 7) is 6.70. The van der Waals surface area contributed by atoms with Gasteiger partial charge in [0.2, 0.25) is 0 Å². The normalized spacial score (nSPS) is 11.6. The average Bonchev–Trinajstić information content (AvgIpc) is 2.82. The number of nitrogens with zero attached hydrogens (tertiary/aromatic N) is 1. The molecule has 0 saturated carbocycles. The monoisotopic (exact) mass is 306 g/mol. The number of hydrogen-bond donors (Lipinski definition) is 1. The fourth-order valence-corrected chi connectivity index (χ4v) is 3.53. The Balaban J connectivity index is 2.01. The van der Waals surface area contributed by atoms with Crippen LogP contribution in [-0.4, -0.2) is 38.7 Å². The van der Waals surface area contributed by atoms with Crippen LogP contribution in [0.15, 0.2) is 24.3 Å². The molecule has 0 spiro atoms. The lowest BCUT2D eigenvalue weighted by atomic mass is 10.1. The predicted octanol–water partition coefficient (Wildman–Crippen LogP) is 3.48. The summed E-state index contributed by atoms with van der Waals surface area (Å²) in [5, 5.41) is 4.78. The summed E-state index contributed by atoms with van der Waals surface area (Å²) in [6, 6.07) is 8.63. The van der Waals surface area contributed by atoms with Crippen LogP contribution in [-0.2, 0) is 17.9 Å². The van der Waals surface area contributed by atoms with Crippen LogP contribution in [0.25, 0.3) is 10.1 Å². The van der Waals surface area contributed by atoms with Gasteiger partial charge in [0.15, 0.2) is 0 Å². The molecule has 4 heteroatoms. The zero-order valence-corrected chi connectivity index (χ0v) is 14.1. The third kappa shape index (κ3) is 4.78. The van der Waals surface area contributed by atoms with Gasteiger partial charge in [0.25, 0.3) is 0 Å². The molecule has 21 heavy (non-hydrogen) atoms. The lowest BCUT2D eigenvalue weighted by molar-refractivity contribution is 0.113. The minimum Gasteiger partial charge on any atom is -0.377 e. The standard InChI is InChI=1S/C17H26N2OS/c1-4-18-12-17-15(13-20-11-7-10-19(2)3)14-8-5-6-9-16(14)21-17/h5-6,8-9,18H,4,7,10-13H2,1-3H3. The van der Waals surface area contributed by atoms with Crippen molar-refractivity contribution in [2.24, 2.45) is 0 Å². The lowest BCUT2D eigenvalue weighted by Gasteiger charge is -2.10. The van der Waals surface area contributed by atoms with Gasteiger partial charge >= 0.3 is 0 Å². The van der Waals surface area contributed by atoms with E-state index >= 15 is 0 Å². The van der Waals surface area contributed by atoms with E-state index in [-0.39, 0.29) is 0 Å². The Morgan fingerprint density at radius 1 is 1.24 bits per heavy atom. The van der Waals surface area contributed by atoms with E-state index in [0.29, 0.717) is 0 Å². The molecule has 0 radical (unpaired) electrons. The van der Waals surface area contributed by atoms with E-state index in [1.165, 1.54) is 20.5 Å². The molecule has 0 amide bonds. The maximum atomic E-state index is 5.91. The van der Waals surface area contributed by atoms with Crippen LogP contribution in [0.5, 0.6) is 0 Å². The van der Waals surface area contributed by atoms with Crippen molar-refractivity contribution in [2.45, 2.75) is 26.5 Å². The van der Waals surface area contributed by atoms with Crippen LogP contribution in [0, 0.1) is 0 Å². The maximum Gasteiger partial charge on any atom is 0.0734 e. The van der Waals surface area contributed by atoms with Crippen molar-refractivity contribution in [1.82, 2.24) is 10.2 Å². The molecule has 1 N–H and O–H groups in total. The van der Waals surface area contributed by atoms with Crippen molar-refractivity contribution in [3.8, 4) is 0 Å². The molecule has 0 saturated heterocycles. The van der Waals surface area contributed by atoms with Gasteiger partial charge in [0.05, 0.1) is 6.61 Å². The van der Waals surface area contributed by atoms with E-state index in [9.17, 15) is 0 Å². The average molecular weight is 306 g/mol. The summed E-state index contributed by atoms with van der Waals surface area (Å²) in [5.41, 5.74) is 1.36. The molecule has 2 aromatic rings. The molecule has 3 nitrogen and oxygen atoms in total. The summed E-state index contributed by atoms with van der Waals surface area (Å²) >= 11 is 1.88. The van der Waals surface area contributed by atoms with Crippen LogP contribution in [0.2, 0.25) is 0 Å². The van der Waals surface area contributed by atoms with Crippen LogP contribution < -0.4 is 5.32 Å². The molecule has 1 aromatic carbocycles. The third-order valence-electron chi connectivity index (χ3n) is 3.46. The Morgan fingerprint density at radius 2 is 2.05 bits per heavy atom. The summed E-state index contributed by atoms with van der Waals surface area (Å²) in [5.74, 6) is 0. The highest BCUT2D eigenvalue weighted by molar-refractivity contribution is 7.19. The van der Waals surface area contributed by atoms with Crippen LogP contribution >= 0.6 is 11.3 Å². The molecular formula is C17H26N2OS.